The van der Waals surface area contributed by atoms with Gasteiger partial charge in [-0.05, 0) is 12.1 Å². The zero-order valence-electron chi connectivity index (χ0n) is 7.48. The molecule has 2 rings (SSSR count). The van der Waals surface area contributed by atoms with Crippen molar-refractivity contribution in [3.63, 3.8) is 0 Å². The third-order valence-corrected chi connectivity index (χ3v) is 1.98. The Bertz CT molecular complexity index is 538. The summed E-state index contributed by atoms with van der Waals surface area (Å²) in [6.07, 6.45) is 3.07. The van der Waals surface area contributed by atoms with Crippen molar-refractivity contribution in [3.8, 4) is 0 Å². The van der Waals surface area contributed by atoms with Crippen LogP contribution in [0, 0.1) is 0 Å². The number of aromatic amines is 1. The Labute approximate surface area is 78.9 Å². The number of hydrogen-bond donors (Lipinski definition) is 1. The van der Waals surface area contributed by atoms with Gasteiger partial charge < -0.3 is 14.1 Å². The molecule has 0 fully saturated rings. The molecule has 2 aromatic heterocycles. The molecule has 0 saturated carbocycles. The lowest BCUT2D eigenvalue weighted by Crippen LogP contribution is -2.11. The van der Waals surface area contributed by atoms with E-state index >= 15 is 0 Å². The number of methoxy groups -OCH3 is 1. The maximum atomic E-state index is 11.3. The Morgan fingerprint density at radius 3 is 3.00 bits per heavy atom. The van der Waals surface area contributed by atoms with Gasteiger partial charge in [-0.1, -0.05) is 0 Å². The fourth-order valence-corrected chi connectivity index (χ4v) is 1.33. The third kappa shape index (κ3) is 1.10. The quantitative estimate of drug-likeness (QED) is 0.666. The molecular formula is C9H8N2O3. The van der Waals surface area contributed by atoms with Gasteiger partial charge in [0.1, 0.15) is 11.2 Å². The normalized spacial score (nSPS) is 10.4. The molecule has 0 amide bonds. The van der Waals surface area contributed by atoms with Crippen LogP contribution in [-0.2, 0) is 4.74 Å². The van der Waals surface area contributed by atoms with E-state index in [9.17, 15) is 9.59 Å². The summed E-state index contributed by atoms with van der Waals surface area (Å²) in [7, 11) is 1.30. The maximum Gasteiger partial charge on any atom is 0.355 e. The van der Waals surface area contributed by atoms with E-state index in [4.69, 9.17) is 0 Å². The van der Waals surface area contributed by atoms with Gasteiger partial charge in [0.2, 0.25) is 0 Å². The molecule has 1 N–H and O–H groups in total. The van der Waals surface area contributed by atoms with Gasteiger partial charge in [0.25, 0.3) is 5.56 Å². The van der Waals surface area contributed by atoms with Gasteiger partial charge in [0.15, 0.2) is 0 Å². The Morgan fingerprint density at radius 2 is 2.29 bits per heavy atom. The van der Waals surface area contributed by atoms with Crippen LogP contribution in [0.25, 0.3) is 5.52 Å². The van der Waals surface area contributed by atoms with E-state index in [1.165, 1.54) is 17.7 Å². The van der Waals surface area contributed by atoms with Crippen molar-refractivity contribution in [1.82, 2.24) is 9.38 Å². The smallest absolute Gasteiger partial charge is 0.355 e. The van der Waals surface area contributed by atoms with Gasteiger partial charge in [0, 0.05) is 12.4 Å². The second-order valence-electron chi connectivity index (χ2n) is 2.75. The number of esters is 1. The number of ether oxygens (including phenoxy) is 1. The molecule has 0 aliphatic rings. The summed E-state index contributed by atoms with van der Waals surface area (Å²) in [5.74, 6) is -0.462. The summed E-state index contributed by atoms with van der Waals surface area (Å²) in [5.41, 5.74) is 0.532. The predicted molar refractivity (Wildman–Crippen MR) is 49.4 cm³/mol. The lowest BCUT2D eigenvalue weighted by atomic mass is 10.4. The van der Waals surface area contributed by atoms with Crippen LogP contribution in [0.5, 0.6) is 0 Å². The lowest BCUT2D eigenvalue weighted by Gasteiger charge is -1.98. The maximum absolute atomic E-state index is 11.3. The molecule has 0 atom stereocenters. The molecule has 5 heteroatoms. The highest BCUT2D eigenvalue weighted by molar-refractivity contribution is 5.89. The SMILES string of the molecule is COC(=O)c1ccc2c(=O)[nH]ccn12. The highest BCUT2D eigenvalue weighted by atomic mass is 16.5. The highest BCUT2D eigenvalue weighted by Gasteiger charge is 2.11. The van der Waals surface area contributed by atoms with Gasteiger partial charge in [-0.3, -0.25) is 4.79 Å². The summed E-state index contributed by atoms with van der Waals surface area (Å²) < 4.78 is 6.06. The van der Waals surface area contributed by atoms with Crippen molar-refractivity contribution in [1.29, 1.82) is 0 Å². The van der Waals surface area contributed by atoms with Crippen LogP contribution in [0.2, 0.25) is 0 Å². The largest absolute Gasteiger partial charge is 0.464 e. The highest BCUT2D eigenvalue weighted by Crippen LogP contribution is 2.06. The molecule has 0 radical (unpaired) electrons. The summed E-state index contributed by atoms with van der Waals surface area (Å²) in [6, 6.07) is 3.13. The zero-order valence-corrected chi connectivity index (χ0v) is 7.48. The molecule has 0 spiro atoms. The van der Waals surface area contributed by atoms with Gasteiger partial charge in [-0.15, -0.1) is 0 Å². The van der Waals surface area contributed by atoms with Crippen molar-refractivity contribution in [2.24, 2.45) is 0 Å². The molecule has 0 saturated heterocycles. The van der Waals surface area contributed by atoms with E-state index in [0.717, 1.165) is 0 Å². The van der Waals surface area contributed by atoms with Crippen LogP contribution in [0.4, 0.5) is 0 Å². The Morgan fingerprint density at radius 1 is 1.50 bits per heavy atom. The van der Waals surface area contributed by atoms with Crippen LogP contribution in [-0.4, -0.2) is 22.5 Å². The Kier molecular flexibility index (Phi) is 1.85. The summed E-state index contributed by atoms with van der Waals surface area (Å²) in [6.45, 7) is 0. The fraction of sp³-hybridized carbons (Fsp3) is 0.111. The molecule has 2 heterocycles. The van der Waals surface area contributed by atoms with Crippen molar-refractivity contribution in [3.05, 3.63) is 40.6 Å². The third-order valence-electron chi connectivity index (χ3n) is 1.98. The number of nitrogens with one attached hydrogen (secondary N) is 1. The lowest BCUT2D eigenvalue weighted by molar-refractivity contribution is 0.0593. The first kappa shape index (κ1) is 8.55. The predicted octanol–water partition coefficient (Wildman–Crippen LogP) is 0.414. The molecule has 0 aliphatic heterocycles. The monoisotopic (exact) mass is 192 g/mol. The van der Waals surface area contributed by atoms with E-state index in [2.05, 4.69) is 9.72 Å². The average molecular weight is 192 g/mol. The molecule has 0 aliphatic carbocycles. The molecule has 72 valence electrons. The number of carbonyl (C=O) groups excluding carboxylic acids is 1. The van der Waals surface area contributed by atoms with Crippen LogP contribution in [0.3, 0.4) is 0 Å². The molecule has 5 nitrogen and oxygen atoms in total. The Balaban J connectivity index is 2.76. The molecule has 0 bridgehead atoms. The molecule has 14 heavy (non-hydrogen) atoms. The minimum Gasteiger partial charge on any atom is -0.464 e. The van der Waals surface area contributed by atoms with E-state index in [0.29, 0.717) is 11.2 Å². The first-order valence-corrected chi connectivity index (χ1v) is 4.01. The summed E-state index contributed by atoms with van der Waals surface area (Å²) in [5, 5.41) is 0. The minimum absolute atomic E-state index is 0.234. The van der Waals surface area contributed by atoms with Gasteiger partial charge in [-0.25, -0.2) is 4.79 Å². The van der Waals surface area contributed by atoms with Crippen molar-refractivity contribution in [2.75, 3.05) is 7.11 Å². The van der Waals surface area contributed by atoms with E-state index in [1.807, 2.05) is 0 Å². The van der Waals surface area contributed by atoms with Crippen molar-refractivity contribution < 1.29 is 9.53 Å². The van der Waals surface area contributed by atoms with Crippen molar-refractivity contribution >= 4 is 11.5 Å². The number of hydrogen-bond acceptors (Lipinski definition) is 3. The topological polar surface area (TPSA) is 63.6 Å². The van der Waals surface area contributed by atoms with E-state index in [-0.39, 0.29) is 5.56 Å². The van der Waals surface area contributed by atoms with Gasteiger partial charge >= 0.3 is 5.97 Å². The van der Waals surface area contributed by atoms with Crippen LogP contribution >= 0.6 is 0 Å². The first-order valence-electron chi connectivity index (χ1n) is 4.01. The van der Waals surface area contributed by atoms with Crippen LogP contribution in [0.1, 0.15) is 10.5 Å². The zero-order chi connectivity index (χ0) is 10.1. The number of rotatable bonds is 1. The molecule has 2 aromatic rings. The van der Waals surface area contributed by atoms with E-state index < -0.39 is 5.97 Å². The van der Waals surface area contributed by atoms with E-state index in [1.54, 1.807) is 18.3 Å². The minimum atomic E-state index is -0.462. The van der Waals surface area contributed by atoms with Crippen LogP contribution in [0.15, 0.2) is 29.3 Å². The number of H-pyrrole nitrogens is 1. The number of carbonyl (C=O) groups is 1. The summed E-state index contributed by atoms with van der Waals surface area (Å²) >= 11 is 0. The molecular weight excluding hydrogens is 184 g/mol. The van der Waals surface area contributed by atoms with Crippen LogP contribution < -0.4 is 5.56 Å². The standard InChI is InChI=1S/C9H8N2O3/c1-14-9(13)7-3-2-6-8(12)10-4-5-11(6)7/h2-5H,1H3,(H,10,12). The second kappa shape index (κ2) is 3.02. The summed E-state index contributed by atoms with van der Waals surface area (Å²) in [4.78, 5) is 25.0. The Hall–Kier alpha value is -2.04. The number of nitrogens with zero attached hydrogens (tertiary/aromatic N) is 1. The molecule has 0 unspecified atom stereocenters. The first-order chi connectivity index (χ1) is 6.74. The average Bonchev–Trinajstić information content (AvgIpc) is 2.62. The number of aromatic nitrogens is 2. The fourth-order valence-electron chi connectivity index (χ4n) is 1.33. The second-order valence-corrected chi connectivity index (χ2v) is 2.75. The molecule has 0 aromatic carbocycles. The van der Waals surface area contributed by atoms with Crippen molar-refractivity contribution in [2.45, 2.75) is 0 Å². The number of fused-ring (bicyclic) bond motifs is 1. The van der Waals surface area contributed by atoms with Gasteiger partial charge in [0.05, 0.1) is 7.11 Å². The van der Waals surface area contributed by atoms with Gasteiger partial charge in [-0.2, -0.15) is 0 Å².